The number of aromatic nitrogens is 1. The molecule has 0 saturated carbocycles. The molecule has 1 aromatic heterocycles. The van der Waals surface area contributed by atoms with Crippen LogP contribution in [0.15, 0.2) is 96.7 Å². The van der Waals surface area contributed by atoms with E-state index in [2.05, 4.69) is 53.2 Å². The molecule has 1 N–H and O–H groups in total. The molecule has 4 unspecified atom stereocenters. The maximum Gasteiger partial charge on any atom is 0.485 e. The van der Waals surface area contributed by atoms with Crippen LogP contribution >= 0.6 is 0 Å². The van der Waals surface area contributed by atoms with Crippen molar-refractivity contribution in [3.05, 3.63) is 119 Å². The summed E-state index contributed by atoms with van der Waals surface area (Å²) in [6, 6.07) is 25.7. The monoisotopic (exact) mass is 748 g/mol. The predicted molar refractivity (Wildman–Crippen MR) is 183 cm³/mol. The topological polar surface area (TPSA) is 99.6 Å². The zero-order valence-electron chi connectivity index (χ0n) is 28.5. The number of fused-ring (bicyclic) bond motifs is 5. The first-order valence-corrected chi connectivity index (χ1v) is 17.9. The molecule has 4 atom stereocenters. The molecule has 8 nitrogen and oxygen atoms in total. The Balaban J connectivity index is 0.000000587. The lowest BCUT2D eigenvalue weighted by atomic mass is 9.83. The van der Waals surface area contributed by atoms with Crippen LogP contribution in [0.3, 0.4) is 0 Å². The van der Waals surface area contributed by atoms with Gasteiger partial charge in [-0.1, -0.05) is 85.8 Å². The summed E-state index contributed by atoms with van der Waals surface area (Å²) < 4.78 is 103. The highest BCUT2D eigenvalue weighted by Crippen LogP contribution is 2.43. The Morgan fingerprint density at radius 1 is 0.923 bits per heavy atom. The van der Waals surface area contributed by atoms with E-state index in [-0.39, 0.29) is 12.0 Å². The van der Waals surface area contributed by atoms with Crippen molar-refractivity contribution >= 4 is 33.1 Å². The SMILES string of the molecule is CCC1CC2c3[nH]c4ccccc4c3CC[N+]2=C/C1=C\N(C)C(c1ccccc1)C(c1ccccc1)N(C)C(=O)C(F)(F)F.O=S(=O)([O-])C(F)(F)F. The number of nitrogens with one attached hydrogen (secondary N) is 1. The van der Waals surface area contributed by atoms with Gasteiger partial charge in [0.1, 0.15) is 6.54 Å². The molecule has 0 saturated heterocycles. The van der Waals surface area contributed by atoms with E-state index >= 15 is 0 Å². The Hall–Kier alpha value is -4.63. The number of nitrogens with zero attached hydrogens (tertiary/aromatic N) is 3. The summed E-state index contributed by atoms with van der Waals surface area (Å²) in [5.41, 5.74) is 0.818. The van der Waals surface area contributed by atoms with Crippen molar-refractivity contribution in [1.29, 1.82) is 0 Å². The van der Waals surface area contributed by atoms with Crippen molar-refractivity contribution in [2.24, 2.45) is 5.92 Å². The van der Waals surface area contributed by atoms with Crippen LogP contribution in [0.5, 0.6) is 0 Å². The average molecular weight is 749 g/mol. The Morgan fingerprint density at radius 3 is 2.00 bits per heavy atom. The Bertz CT molecular complexity index is 2050. The highest BCUT2D eigenvalue weighted by molar-refractivity contribution is 7.86. The minimum absolute atomic E-state index is 0.246. The number of rotatable bonds is 7. The summed E-state index contributed by atoms with van der Waals surface area (Å²) in [7, 11) is -2.93. The maximum atomic E-state index is 13.8. The number of hydrogen-bond donors (Lipinski definition) is 1. The third-order valence-electron chi connectivity index (χ3n) is 9.62. The van der Waals surface area contributed by atoms with Crippen LogP contribution in [0.1, 0.15) is 60.3 Å². The molecule has 0 aliphatic carbocycles. The lowest BCUT2D eigenvalue weighted by Gasteiger charge is -2.40. The second-order valence-corrected chi connectivity index (χ2v) is 14.2. The average Bonchev–Trinajstić information content (AvgIpc) is 3.48. The Morgan fingerprint density at radius 2 is 1.46 bits per heavy atom. The van der Waals surface area contributed by atoms with E-state index in [9.17, 15) is 31.1 Å². The molecule has 0 spiro atoms. The molecule has 2 aliphatic rings. The summed E-state index contributed by atoms with van der Waals surface area (Å²) >= 11 is 0. The summed E-state index contributed by atoms with van der Waals surface area (Å²) in [4.78, 5) is 19.3. The molecule has 15 heteroatoms. The van der Waals surface area contributed by atoms with E-state index in [0.29, 0.717) is 5.56 Å². The summed E-state index contributed by atoms with van der Waals surface area (Å²) in [5.74, 6) is -1.61. The normalized spacial score (nSPS) is 19.4. The lowest BCUT2D eigenvalue weighted by Crippen LogP contribution is -2.45. The first-order chi connectivity index (χ1) is 24.4. The molecule has 0 bridgehead atoms. The zero-order chi connectivity index (χ0) is 38.0. The number of para-hydroxylation sites is 1. The summed E-state index contributed by atoms with van der Waals surface area (Å²) in [6.07, 6.45) is 2.16. The minimum Gasteiger partial charge on any atom is -0.741 e. The molecule has 0 radical (unpaired) electrons. The number of alkyl halides is 6. The van der Waals surface area contributed by atoms with E-state index in [4.69, 9.17) is 13.0 Å². The number of H-pyrrole nitrogens is 1. The van der Waals surface area contributed by atoms with Gasteiger partial charge >= 0.3 is 17.6 Å². The number of allylic oxidation sites excluding steroid dienone is 1. The second-order valence-electron chi connectivity index (χ2n) is 12.9. The van der Waals surface area contributed by atoms with Gasteiger partial charge < -0.3 is 19.3 Å². The van der Waals surface area contributed by atoms with Crippen molar-refractivity contribution in [2.75, 3.05) is 20.6 Å². The number of likely N-dealkylation sites (N-methyl/N-ethyl adjacent to an activating group) is 2. The maximum absolute atomic E-state index is 13.8. The van der Waals surface area contributed by atoms with Crippen LogP contribution < -0.4 is 0 Å². The number of amides is 1. The number of aromatic amines is 1. The van der Waals surface area contributed by atoms with E-state index in [0.717, 1.165) is 41.8 Å². The molecule has 3 aromatic carbocycles. The molecule has 52 heavy (non-hydrogen) atoms. The first-order valence-electron chi connectivity index (χ1n) is 16.5. The van der Waals surface area contributed by atoms with Crippen LogP contribution in [-0.2, 0) is 21.3 Å². The fraction of sp³-hybridized carbons (Fsp3) is 0.351. The second kappa shape index (κ2) is 15.2. The number of benzene rings is 3. The van der Waals surface area contributed by atoms with Crippen molar-refractivity contribution in [2.45, 2.75) is 56.0 Å². The molecule has 6 rings (SSSR count). The van der Waals surface area contributed by atoms with E-state index < -0.39 is 39.8 Å². The largest absolute Gasteiger partial charge is 0.741 e. The Kier molecular flexibility index (Phi) is 11.2. The van der Waals surface area contributed by atoms with Crippen LogP contribution in [0.4, 0.5) is 26.3 Å². The van der Waals surface area contributed by atoms with Gasteiger partial charge in [0.15, 0.2) is 22.4 Å². The highest BCUT2D eigenvalue weighted by atomic mass is 32.2. The third kappa shape index (κ3) is 8.20. The van der Waals surface area contributed by atoms with Gasteiger partial charge in [0.05, 0.1) is 17.8 Å². The minimum atomic E-state index is -6.09. The molecule has 4 aromatic rings. The predicted octanol–water partition coefficient (Wildman–Crippen LogP) is 7.65. The van der Waals surface area contributed by atoms with Crippen molar-refractivity contribution in [3.8, 4) is 0 Å². The molecule has 2 aliphatic heterocycles. The zero-order valence-corrected chi connectivity index (χ0v) is 29.3. The van der Waals surface area contributed by atoms with Gasteiger partial charge in [0.2, 0.25) is 0 Å². The number of carbonyl (C=O) groups excluding carboxylic acids is 1. The summed E-state index contributed by atoms with van der Waals surface area (Å²) in [6.45, 7) is 3.09. The van der Waals surface area contributed by atoms with Gasteiger partial charge in [0.25, 0.3) is 0 Å². The van der Waals surface area contributed by atoms with Crippen LogP contribution in [-0.4, -0.2) is 76.8 Å². The van der Waals surface area contributed by atoms with Gasteiger partial charge in [-0.25, -0.2) is 13.0 Å². The van der Waals surface area contributed by atoms with Crippen molar-refractivity contribution < 1.29 is 48.7 Å². The van der Waals surface area contributed by atoms with Crippen molar-refractivity contribution in [3.63, 3.8) is 0 Å². The van der Waals surface area contributed by atoms with E-state index in [1.54, 1.807) is 24.3 Å². The highest BCUT2D eigenvalue weighted by Gasteiger charge is 2.46. The fourth-order valence-corrected chi connectivity index (χ4v) is 7.19. The van der Waals surface area contributed by atoms with Gasteiger partial charge in [-0.15, -0.1) is 0 Å². The van der Waals surface area contributed by atoms with E-state index in [1.807, 2.05) is 48.3 Å². The molecule has 0 fully saturated rings. The molecule has 278 valence electrons. The van der Waals surface area contributed by atoms with E-state index in [1.165, 1.54) is 29.2 Å². The van der Waals surface area contributed by atoms with Crippen LogP contribution in [0, 0.1) is 5.92 Å². The fourth-order valence-electron chi connectivity index (χ4n) is 7.19. The standard InChI is InChI=1S/C36H38F3N4O.CHF3O3S/c1-4-24-21-31-32-29(28-17-11-12-18-30(28)40-32)19-20-43(31)23-27(24)22-41(2)33(25-13-7-5-8-14-25)34(26-15-9-6-10-16-26)42(3)35(44)36(37,38)39;2-1(3,4)8(5,6)7/h5-18,22-24,31,33-34,40H,4,19-21H2,1-3H3;(H,5,6,7)/q+1;/p-1. The summed E-state index contributed by atoms with van der Waals surface area (Å²) in [5, 5.41) is 1.30. The molecular formula is C37H38F6N4O4S. The van der Waals surface area contributed by atoms with Crippen molar-refractivity contribution in [1.82, 2.24) is 14.8 Å². The third-order valence-corrected chi connectivity index (χ3v) is 10.2. The van der Waals surface area contributed by atoms with Gasteiger partial charge in [-0.2, -0.15) is 26.3 Å². The van der Waals surface area contributed by atoms with Gasteiger partial charge in [0, 0.05) is 49.6 Å². The first kappa shape index (κ1) is 38.6. The number of halogens is 6. The smallest absolute Gasteiger partial charge is 0.485 e. The van der Waals surface area contributed by atoms with Crippen LogP contribution in [0.2, 0.25) is 0 Å². The number of carbonyl (C=O) groups is 1. The lowest BCUT2D eigenvalue weighted by molar-refractivity contribution is -0.577. The van der Waals surface area contributed by atoms with Crippen LogP contribution in [0.25, 0.3) is 10.9 Å². The quantitative estimate of drug-likeness (QED) is 0.0907. The molecule has 3 heterocycles. The molecular weight excluding hydrogens is 710 g/mol. The molecule has 1 amide bonds. The Labute approximate surface area is 297 Å². The number of hydrogen-bond acceptors (Lipinski definition) is 5. The van der Waals surface area contributed by atoms with Gasteiger partial charge in [-0.05, 0) is 35.1 Å². The van der Waals surface area contributed by atoms with Gasteiger partial charge in [-0.3, -0.25) is 4.79 Å².